The molecule has 1 amide bonds. The minimum absolute atomic E-state index is 0.293. The highest BCUT2D eigenvalue weighted by molar-refractivity contribution is 9.10. The SMILES string of the molecule is O=C(NCCc1ccccn1)c1cc(F)ccc1Br. The van der Waals surface area contributed by atoms with E-state index in [9.17, 15) is 9.18 Å². The molecule has 3 nitrogen and oxygen atoms in total. The number of amides is 1. The summed E-state index contributed by atoms with van der Waals surface area (Å²) in [6.45, 7) is 0.457. The van der Waals surface area contributed by atoms with Crippen molar-refractivity contribution in [1.29, 1.82) is 0 Å². The fourth-order valence-electron chi connectivity index (χ4n) is 1.62. The molecule has 2 aromatic rings. The van der Waals surface area contributed by atoms with Gasteiger partial charge in [-0.25, -0.2) is 4.39 Å². The number of hydrogen-bond acceptors (Lipinski definition) is 2. The van der Waals surface area contributed by atoms with E-state index < -0.39 is 5.82 Å². The second-order valence-corrected chi connectivity index (χ2v) is 4.81. The van der Waals surface area contributed by atoms with Crippen molar-refractivity contribution in [1.82, 2.24) is 10.3 Å². The number of hydrogen-bond donors (Lipinski definition) is 1. The number of carbonyl (C=O) groups excluding carboxylic acids is 1. The molecule has 0 aliphatic rings. The van der Waals surface area contributed by atoms with Gasteiger partial charge >= 0.3 is 0 Å². The third-order valence-electron chi connectivity index (χ3n) is 2.57. The Balaban J connectivity index is 1.93. The van der Waals surface area contributed by atoms with E-state index in [1.165, 1.54) is 18.2 Å². The molecule has 2 rings (SSSR count). The summed E-state index contributed by atoms with van der Waals surface area (Å²) >= 11 is 3.23. The summed E-state index contributed by atoms with van der Waals surface area (Å²) in [5.41, 5.74) is 1.20. The van der Waals surface area contributed by atoms with Gasteiger partial charge in [-0.05, 0) is 46.3 Å². The molecule has 5 heteroatoms. The van der Waals surface area contributed by atoms with E-state index in [1.807, 2.05) is 18.2 Å². The maximum absolute atomic E-state index is 13.1. The molecular formula is C14H12BrFN2O. The van der Waals surface area contributed by atoms with Crippen LogP contribution < -0.4 is 5.32 Å². The molecule has 98 valence electrons. The van der Waals surface area contributed by atoms with E-state index >= 15 is 0 Å². The Bertz CT molecular complexity index is 575. The van der Waals surface area contributed by atoms with Gasteiger partial charge in [-0.3, -0.25) is 9.78 Å². The summed E-state index contributed by atoms with van der Waals surface area (Å²) in [6.07, 6.45) is 2.35. The molecule has 1 aromatic carbocycles. The van der Waals surface area contributed by atoms with Gasteiger partial charge in [0, 0.05) is 29.3 Å². The minimum atomic E-state index is -0.432. The normalized spacial score (nSPS) is 10.2. The van der Waals surface area contributed by atoms with Crippen molar-refractivity contribution in [3.05, 3.63) is 64.1 Å². The topological polar surface area (TPSA) is 42.0 Å². The maximum atomic E-state index is 13.1. The van der Waals surface area contributed by atoms with Crippen LogP contribution in [0.2, 0.25) is 0 Å². The monoisotopic (exact) mass is 322 g/mol. The van der Waals surface area contributed by atoms with Crippen LogP contribution in [-0.2, 0) is 6.42 Å². The van der Waals surface area contributed by atoms with Crippen molar-refractivity contribution in [3.63, 3.8) is 0 Å². The van der Waals surface area contributed by atoms with Crippen molar-refractivity contribution >= 4 is 21.8 Å². The molecule has 19 heavy (non-hydrogen) atoms. The van der Waals surface area contributed by atoms with Crippen LogP contribution in [0.1, 0.15) is 16.1 Å². The minimum Gasteiger partial charge on any atom is -0.352 e. The van der Waals surface area contributed by atoms with Gasteiger partial charge in [-0.1, -0.05) is 6.07 Å². The predicted octanol–water partition coefficient (Wildman–Crippen LogP) is 2.96. The Hall–Kier alpha value is -1.75. The van der Waals surface area contributed by atoms with E-state index in [4.69, 9.17) is 0 Å². The van der Waals surface area contributed by atoms with Crippen LogP contribution in [0.4, 0.5) is 4.39 Å². The smallest absolute Gasteiger partial charge is 0.252 e. The van der Waals surface area contributed by atoms with Crippen LogP contribution in [-0.4, -0.2) is 17.4 Å². The molecule has 0 saturated carbocycles. The largest absolute Gasteiger partial charge is 0.352 e. The second kappa shape index (κ2) is 6.43. The van der Waals surface area contributed by atoms with E-state index in [2.05, 4.69) is 26.2 Å². The number of nitrogens with zero attached hydrogens (tertiary/aromatic N) is 1. The average molecular weight is 323 g/mol. The number of benzene rings is 1. The van der Waals surface area contributed by atoms with Crippen LogP contribution in [0.15, 0.2) is 47.1 Å². The molecule has 1 N–H and O–H groups in total. The van der Waals surface area contributed by atoms with Crippen LogP contribution in [0, 0.1) is 5.82 Å². The fraction of sp³-hybridized carbons (Fsp3) is 0.143. The lowest BCUT2D eigenvalue weighted by Gasteiger charge is -2.06. The summed E-state index contributed by atoms with van der Waals surface area (Å²) in [6, 6.07) is 9.65. The molecule has 1 aromatic heterocycles. The number of nitrogens with one attached hydrogen (secondary N) is 1. The van der Waals surface area contributed by atoms with Crippen LogP contribution in [0.25, 0.3) is 0 Å². The standard InChI is InChI=1S/C14H12BrFN2O/c15-13-5-4-10(16)9-12(13)14(19)18-8-6-11-3-1-2-7-17-11/h1-5,7,9H,6,8H2,(H,18,19). The van der Waals surface area contributed by atoms with Crippen LogP contribution in [0.5, 0.6) is 0 Å². The van der Waals surface area contributed by atoms with Crippen molar-refractivity contribution in [2.24, 2.45) is 0 Å². The summed E-state index contributed by atoms with van der Waals surface area (Å²) in [4.78, 5) is 16.0. The molecular weight excluding hydrogens is 311 g/mol. The third kappa shape index (κ3) is 3.86. The van der Waals surface area contributed by atoms with Gasteiger partial charge < -0.3 is 5.32 Å². The van der Waals surface area contributed by atoms with Gasteiger partial charge in [0.25, 0.3) is 5.91 Å². The summed E-state index contributed by atoms with van der Waals surface area (Å²) in [5.74, 6) is -0.736. The van der Waals surface area contributed by atoms with Crippen molar-refractivity contribution < 1.29 is 9.18 Å². The molecule has 0 spiro atoms. The highest BCUT2D eigenvalue weighted by Crippen LogP contribution is 2.17. The number of pyridine rings is 1. The lowest BCUT2D eigenvalue weighted by atomic mass is 10.2. The molecule has 1 heterocycles. The van der Waals surface area contributed by atoms with Crippen molar-refractivity contribution in [2.45, 2.75) is 6.42 Å². The second-order valence-electron chi connectivity index (χ2n) is 3.95. The maximum Gasteiger partial charge on any atom is 0.252 e. The zero-order chi connectivity index (χ0) is 13.7. The summed E-state index contributed by atoms with van der Waals surface area (Å²) in [7, 11) is 0. The van der Waals surface area contributed by atoms with Crippen LogP contribution >= 0.6 is 15.9 Å². The first-order chi connectivity index (χ1) is 9.16. The Morgan fingerprint density at radius 2 is 2.16 bits per heavy atom. The third-order valence-corrected chi connectivity index (χ3v) is 3.26. The lowest BCUT2D eigenvalue weighted by molar-refractivity contribution is 0.0953. The Morgan fingerprint density at radius 1 is 1.32 bits per heavy atom. The molecule has 0 unspecified atom stereocenters. The molecule has 0 bridgehead atoms. The van der Waals surface area contributed by atoms with E-state index in [0.29, 0.717) is 23.0 Å². The molecule has 0 saturated heterocycles. The summed E-state index contributed by atoms with van der Waals surface area (Å²) < 4.78 is 13.7. The number of rotatable bonds is 4. The quantitative estimate of drug-likeness (QED) is 0.940. The highest BCUT2D eigenvalue weighted by Gasteiger charge is 2.10. The van der Waals surface area contributed by atoms with Gasteiger partial charge in [0.15, 0.2) is 0 Å². The zero-order valence-electron chi connectivity index (χ0n) is 10.1. The molecule has 0 radical (unpaired) electrons. The average Bonchev–Trinajstić information content (AvgIpc) is 2.42. The molecule has 0 aliphatic heterocycles. The van der Waals surface area contributed by atoms with Gasteiger partial charge in [0.05, 0.1) is 5.56 Å². The van der Waals surface area contributed by atoms with E-state index in [1.54, 1.807) is 6.20 Å². The van der Waals surface area contributed by atoms with Gasteiger partial charge in [0.2, 0.25) is 0 Å². The molecule has 0 fully saturated rings. The van der Waals surface area contributed by atoms with Gasteiger partial charge in [0.1, 0.15) is 5.82 Å². The summed E-state index contributed by atoms with van der Waals surface area (Å²) in [5, 5.41) is 2.74. The van der Waals surface area contributed by atoms with Gasteiger partial charge in [-0.2, -0.15) is 0 Å². The number of carbonyl (C=O) groups is 1. The Labute approximate surface area is 119 Å². The zero-order valence-corrected chi connectivity index (χ0v) is 11.7. The first-order valence-corrected chi connectivity index (χ1v) is 6.59. The first-order valence-electron chi connectivity index (χ1n) is 5.80. The van der Waals surface area contributed by atoms with Crippen molar-refractivity contribution in [2.75, 3.05) is 6.54 Å². The number of halogens is 2. The lowest BCUT2D eigenvalue weighted by Crippen LogP contribution is -2.26. The first kappa shape index (κ1) is 13.7. The Kier molecular flexibility index (Phi) is 4.63. The fourth-order valence-corrected chi connectivity index (χ4v) is 2.04. The van der Waals surface area contributed by atoms with Crippen LogP contribution in [0.3, 0.4) is 0 Å². The highest BCUT2D eigenvalue weighted by atomic mass is 79.9. The van der Waals surface area contributed by atoms with Crippen molar-refractivity contribution in [3.8, 4) is 0 Å². The number of aromatic nitrogens is 1. The van der Waals surface area contributed by atoms with Gasteiger partial charge in [-0.15, -0.1) is 0 Å². The molecule has 0 atom stereocenters. The Morgan fingerprint density at radius 3 is 2.89 bits per heavy atom. The van der Waals surface area contributed by atoms with E-state index in [-0.39, 0.29) is 5.91 Å². The predicted molar refractivity (Wildman–Crippen MR) is 74.4 cm³/mol. The van der Waals surface area contributed by atoms with E-state index in [0.717, 1.165) is 5.69 Å². The molecule has 0 aliphatic carbocycles.